The maximum Gasteiger partial charge on any atom is 0.265 e. The van der Waals surface area contributed by atoms with Crippen LogP contribution in [0, 0.1) is 34.9 Å². The van der Waals surface area contributed by atoms with E-state index in [9.17, 15) is 37.1 Å². The van der Waals surface area contributed by atoms with Crippen molar-refractivity contribution >= 4 is 35.2 Å². The highest BCUT2D eigenvalue weighted by Gasteiger charge is 2.69. The molecule has 0 aromatic heterocycles. The number of nitrogens with zero attached hydrogens (tertiary/aromatic N) is 1. The molecule has 2 unspecified atom stereocenters. The van der Waals surface area contributed by atoms with E-state index in [2.05, 4.69) is 16.0 Å². The summed E-state index contributed by atoms with van der Waals surface area (Å²) in [7, 11) is 0. The number of fused-ring (bicyclic) bond motifs is 2. The first-order chi connectivity index (χ1) is 20.0. The summed E-state index contributed by atoms with van der Waals surface area (Å²) >= 11 is 0. The first-order valence-corrected chi connectivity index (χ1v) is 14.4. The van der Waals surface area contributed by atoms with Crippen molar-refractivity contribution in [3.8, 4) is 5.75 Å². The molecule has 0 spiro atoms. The van der Waals surface area contributed by atoms with E-state index in [0.29, 0.717) is 0 Å². The molecule has 5 N–H and O–H groups in total. The maximum atomic E-state index is 13.8. The predicted octanol–water partition coefficient (Wildman–Crippen LogP) is 1.55. The lowest BCUT2D eigenvalue weighted by Crippen LogP contribution is -2.60. The van der Waals surface area contributed by atoms with E-state index in [0.717, 1.165) is 12.1 Å². The molecule has 43 heavy (non-hydrogen) atoms. The summed E-state index contributed by atoms with van der Waals surface area (Å²) in [5.41, 5.74) is 5.55. The Bertz CT molecular complexity index is 1360. The molecule has 2 aliphatic heterocycles. The van der Waals surface area contributed by atoms with Crippen molar-refractivity contribution in [1.82, 2.24) is 15.5 Å². The Morgan fingerprint density at radius 2 is 1.81 bits per heavy atom. The number of likely N-dealkylation sites (tertiary alicyclic amines) is 1. The molecule has 2 aliphatic carbocycles. The Hall–Kier alpha value is -3.84. The van der Waals surface area contributed by atoms with Crippen LogP contribution in [0.5, 0.6) is 5.75 Å². The van der Waals surface area contributed by atoms with E-state index >= 15 is 0 Å². The van der Waals surface area contributed by atoms with Crippen LogP contribution in [0.3, 0.4) is 0 Å². The number of nitrogens with one attached hydrogen (secondary N) is 3. The van der Waals surface area contributed by atoms with Crippen LogP contribution in [0.2, 0.25) is 0 Å². The van der Waals surface area contributed by atoms with Crippen molar-refractivity contribution in [3.05, 3.63) is 24.0 Å². The lowest BCUT2D eigenvalue weighted by atomic mass is 9.80. The normalized spacial score (nSPS) is 27.9. The average molecular weight is 608 g/mol. The summed E-state index contributed by atoms with van der Waals surface area (Å²) in [6.45, 7) is 7.57. The molecule has 3 fully saturated rings. The Kier molecular flexibility index (Phi) is 7.62. The van der Waals surface area contributed by atoms with Gasteiger partial charge >= 0.3 is 0 Å². The number of piperidine rings is 1. The SMILES string of the molecule is CC(C)C(NC(=O)C1CC(F)(F)C1)C(=O)N1C[C@H]2[C@@H]([C@H]1C(=O)NC(C[C@@H]1Oc3cc(F)ccc3NC1=O)C(N)=O)C2(C)C. The van der Waals surface area contributed by atoms with Gasteiger partial charge in [-0.15, -0.1) is 0 Å². The van der Waals surface area contributed by atoms with Crippen LogP contribution in [0.25, 0.3) is 0 Å². The summed E-state index contributed by atoms with van der Waals surface area (Å²) in [5.74, 6) is -8.38. The lowest BCUT2D eigenvalue weighted by Gasteiger charge is -2.37. The second kappa shape index (κ2) is 10.7. The smallest absolute Gasteiger partial charge is 0.265 e. The first-order valence-electron chi connectivity index (χ1n) is 14.4. The summed E-state index contributed by atoms with van der Waals surface area (Å²) in [6.07, 6.45) is -2.78. The lowest BCUT2D eigenvalue weighted by molar-refractivity contribution is -0.154. The molecule has 14 heteroatoms. The van der Waals surface area contributed by atoms with Crippen molar-refractivity contribution in [3.63, 3.8) is 0 Å². The van der Waals surface area contributed by atoms with Gasteiger partial charge in [-0.05, 0) is 35.3 Å². The molecular formula is C29H36F3N5O6. The maximum absolute atomic E-state index is 13.8. The van der Waals surface area contributed by atoms with Crippen LogP contribution in [-0.4, -0.2) is 71.1 Å². The monoisotopic (exact) mass is 607 g/mol. The zero-order valence-corrected chi connectivity index (χ0v) is 24.3. The van der Waals surface area contributed by atoms with Gasteiger partial charge in [0.2, 0.25) is 29.6 Å². The van der Waals surface area contributed by atoms with Gasteiger partial charge in [-0.25, -0.2) is 13.2 Å². The van der Waals surface area contributed by atoms with Crippen LogP contribution in [-0.2, 0) is 24.0 Å². The van der Waals surface area contributed by atoms with Crippen molar-refractivity contribution in [2.45, 2.75) is 77.1 Å². The van der Waals surface area contributed by atoms with Gasteiger partial charge < -0.3 is 31.3 Å². The Balaban J connectivity index is 1.30. The van der Waals surface area contributed by atoms with Gasteiger partial charge in [0.05, 0.1) is 5.69 Å². The quantitative estimate of drug-likeness (QED) is 0.333. The van der Waals surface area contributed by atoms with E-state index in [1.807, 2.05) is 13.8 Å². The molecule has 1 aromatic rings. The van der Waals surface area contributed by atoms with Crippen LogP contribution < -0.4 is 26.4 Å². The van der Waals surface area contributed by atoms with E-state index in [4.69, 9.17) is 10.5 Å². The molecule has 1 saturated heterocycles. The molecule has 11 nitrogen and oxygen atoms in total. The number of amides is 5. The van der Waals surface area contributed by atoms with Crippen molar-refractivity contribution in [2.75, 3.05) is 11.9 Å². The van der Waals surface area contributed by atoms with Gasteiger partial charge in [0.25, 0.3) is 5.91 Å². The van der Waals surface area contributed by atoms with Gasteiger partial charge in [0.15, 0.2) is 6.10 Å². The van der Waals surface area contributed by atoms with Crippen molar-refractivity contribution in [1.29, 1.82) is 0 Å². The van der Waals surface area contributed by atoms with Gasteiger partial charge in [-0.1, -0.05) is 27.7 Å². The number of alkyl halides is 2. The van der Waals surface area contributed by atoms with Crippen LogP contribution >= 0.6 is 0 Å². The summed E-state index contributed by atoms with van der Waals surface area (Å²) in [6, 6.07) is 0.146. The number of carbonyl (C=O) groups is 5. The van der Waals surface area contributed by atoms with Crippen LogP contribution in [0.15, 0.2) is 18.2 Å². The third kappa shape index (κ3) is 5.75. The molecule has 2 saturated carbocycles. The molecule has 0 bridgehead atoms. The largest absolute Gasteiger partial charge is 0.478 e. The Labute approximate surface area is 246 Å². The molecule has 6 atom stereocenters. The number of carbonyl (C=O) groups excluding carboxylic acids is 5. The molecule has 5 rings (SSSR count). The zero-order chi connectivity index (χ0) is 31.6. The highest BCUT2D eigenvalue weighted by molar-refractivity contribution is 5.99. The van der Waals surface area contributed by atoms with Gasteiger partial charge in [0.1, 0.15) is 29.7 Å². The van der Waals surface area contributed by atoms with Crippen molar-refractivity contribution < 1.29 is 41.9 Å². The average Bonchev–Trinajstić information content (AvgIpc) is 3.21. The van der Waals surface area contributed by atoms with Crippen molar-refractivity contribution in [2.24, 2.45) is 34.8 Å². The third-order valence-electron chi connectivity index (χ3n) is 9.32. The predicted molar refractivity (Wildman–Crippen MR) is 146 cm³/mol. The van der Waals surface area contributed by atoms with E-state index in [-0.39, 0.29) is 41.7 Å². The molecule has 234 valence electrons. The van der Waals surface area contributed by atoms with Gasteiger partial charge in [-0.2, -0.15) is 0 Å². The van der Waals surface area contributed by atoms with Crippen LogP contribution in [0.1, 0.15) is 47.0 Å². The molecule has 2 heterocycles. The first kappa shape index (κ1) is 30.6. The number of rotatable bonds is 9. The fourth-order valence-electron chi connectivity index (χ4n) is 6.61. The second-order valence-electron chi connectivity index (χ2n) is 13.0. The minimum absolute atomic E-state index is 0.0214. The molecule has 5 amide bonds. The summed E-state index contributed by atoms with van der Waals surface area (Å²) in [5, 5.41) is 7.77. The number of halogens is 3. The number of benzene rings is 1. The molecule has 0 radical (unpaired) electrons. The number of primary amides is 1. The highest BCUT2D eigenvalue weighted by Crippen LogP contribution is 2.65. The van der Waals surface area contributed by atoms with E-state index < -0.39 is 90.2 Å². The summed E-state index contributed by atoms with van der Waals surface area (Å²) < 4.78 is 46.0. The van der Waals surface area contributed by atoms with Crippen LogP contribution in [0.4, 0.5) is 18.9 Å². The van der Waals surface area contributed by atoms with Gasteiger partial charge in [-0.3, -0.25) is 24.0 Å². The number of ether oxygens (including phenoxy) is 1. The number of anilines is 1. The zero-order valence-electron chi connectivity index (χ0n) is 24.3. The van der Waals surface area contributed by atoms with Gasteiger partial charge in [0, 0.05) is 37.8 Å². The Morgan fingerprint density at radius 1 is 1.14 bits per heavy atom. The molecular weight excluding hydrogens is 571 g/mol. The number of nitrogens with two attached hydrogens (primary N) is 1. The van der Waals surface area contributed by atoms with E-state index in [1.165, 1.54) is 11.0 Å². The minimum atomic E-state index is -2.90. The third-order valence-corrected chi connectivity index (χ3v) is 9.32. The molecule has 4 aliphatic rings. The fourth-order valence-corrected chi connectivity index (χ4v) is 6.61. The van der Waals surface area contributed by atoms with E-state index in [1.54, 1.807) is 13.8 Å². The summed E-state index contributed by atoms with van der Waals surface area (Å²) in [4.78, 5) is 66.6. The Morgan fingerprint density at radius 3 is 2.42 bits per heavy atom. The molecule has 1 aromatic carbocycles. The topological polar surface area (TPSA) is 160 Å². The number of hydrogen-bond acceptors (Lipinski definition) is 6. The fraction of sp³-hybridized carbons (Fsp3) is 0.621. The second-order valence-corrected chi connectivity index (χ2v) is 13.0. The standard InChI is InChI=1S/C29H36F3N5O6/c1-12(2)21(36-24(39)13-9-29(31,32)10-13)27(42)37-11-15-20(28(15,3)4)22(37)26(41)35-17(23(33)38)8-19-25(40)34-16-6-5-14(30)7-18(16)43-19/h5-7,12-13,15,17,19-22H,8-11H2,1-4H3,(H2,33,38)(H,34,40)(H,35,41)(H,36,39)/t15-,17?,19-,20-,21?,22-/m0/s1. The minimum Gasteiger partial charge on any atom is -0.478 e. The highest BCUT2D eigenvalue weighted by atomic mass is 19.3. The number of hydrogen-bond donors (Lipinski definition) is 4.